The van der Waals surface area contributed by atoms with Gasteiger partial charge in [0.1, 0.15) is 5.75 Å². The summed E-state index contributed by atoms with van der Waals surface area (Å²) in [4.78, 5) is 10.6. The summed E-state index contributed by atoms with van der Waals surface area (Å²) in [5.74, 6) is -0.384. The Morgan fingerprint density at radius 1 is 1.14 bits per heavy atom. The molecule has 0 heterocycles. The van der Waals surface area contributed by atoms with Crippen molar-refractivity contribution < 1.29 is 14.6 Å². The molecule has 0 fully saturated rings. The first-order valence-electron chi connectivity index (χ1n) is 6.80. The molecule has 0 saturated heterocycles. The molecule has 0 aliphatic carbocycles. The summed E-state index contributed by atoms with van der Waals surface area (Å²) in [5.41, 5.74) is 4.44. The van der Waals surface area contributed by atoms with E-state index in [1.165, 1.54) is 11.1 Å². The molecule has 0 atom stereocenters. The van der Waals surface area contributed by atoms with Gasteiger partial charge in [-0.1, -0.05) is 30.3 Å². The predicted molar refractivity (Wildman–Crippen MR) is 82.8 cm³/mol. The third kappa shape index (κ3) is 3.99. The zero-order valence-electron chi connectivity index (χ0n) is 12.2. The highest BCUT2D eigenvalue weighted by Crippen LogP contribution is 2.22. The summed E-state index contributed by atoms with van der Waals surface area (Å²) in [7, 11) is 0. The highest BCUT2D eigenvalue weighted by molar-refractivity contribution is 5.68. The monoisotopic (exact) mass is 285 g/mol. The number of aliphatic carboxylic acids is 1. The van der Waals surface area contributed by atoms with Crippen LogP contribution in [0.25, 0.3) is 0 Å². The second-order valence-corrected chi connectivity index (χ2v) is 4.89. The number of carboxylic acids is 1. The van der Waals surface area contributed by atoms with Crippen LogP contribution in [0.1, 0.15) is 16.7 Å². The van der Waals surface area contributed by atoms with E-state index in [1.54, 1.807) is 6.07 Å². The molecule has 0 aromatic heterocycles. The van der Waals surface area contributed by atoms with Gasteiger partial charge in [-0.05, 0) is 37.1 Å². The zero-order chi connectivity index (χ0) is 15.2. The molecule has 4 nitrogen and oxygen atoms in total. The molecule has 0 unspecified atom stereocenters. The number of nitrogens with one attached hydrogen (secondary N) is 1. The lowest BCUT2D eigenvalue weighted by atomic mass is 10.1. The maximum absolute atomic E-state index is 10.6. The van der Waals surface area contributed by atoms with E-state index >= 15 is 0 Å². The minimum atomic E-state index is -0.979. The van der Waals surface area contributed by atoms with Crippen LogP contribution in [0.15, 0.2) is 42.5 Å². The lowest BCUT2D eigenvalue weighted by Crippen LogP contribution is -2.11. The Balaban J connectivity index is 2.09. The molecule has 0 aliphatic heterocycles. The van der Waals surface area contributed by atoms with E-state index in [1.807, 2.05) is 30.3 Å². The third-order valence-corrected chi connectivity index (χ3v) is 3.40. The van der Waals surface area contributed by atoms with Crippen molar-refractivity contribution in [2.45, 2.75) is 20.4 Å². The fraction of sp³-hybridized carbons (Fsp3) is 0.235. The Hall–Kier alpha value is -2.49. The molecule has 21 heavy (non-hydrogen) atoms. The van der Waals surface area contributed by atoms with Gasteiger partial charge in [0.25, 0.3) is 0 Å². The molecule has 0 saturated carbocycles. The molecule has 0 aliphatic rings. The number of carboxylic acid groups (broad SMARTS) is 1. The molecule has 2 aromatic rings. The van der Waals surface area contributed by atoms with Crippen LogP contribution in [0.2, 0.25) is 0 Å². The van der Waals surface area contributed by atoms with Crippen LogP contribution in [0, 0.1) is 13.8 Å². The number of carbonyl (C=O) groups is 1. The van der Waals surface area contributed by atoms with Gasteiger partial charge in [-0.2, -0.15) is 0 Å². The molecule has 2 aromatic carbocycles. The number of ether oxygens (including phenoxy) is 1. The zero-order valence-corrected chi connectivity index (χ0v) is 12.2. The van der Waals surface area contributed by atoms with Gasteiger partial charge >= 0.3 is 5.97 Å². The Labute approximate surface area is 124 Å². The van der Waals surface area contributed by atoms with E-state index in [9.17, 15) is 4.79 Å². The van der Waals surface area contributed by atoms with Crippen molar-refractivity contribution in [2.75, 3.05) is 11.9 Å². The Kier molecular flexibility index (Phi) is 4.82. The van der Waals surface area contributed by atoms with Gasteiger partial charge in [0.15, 0.2) is 6.61 Å². The quantitative estimate of drug-likeness (QED) is 0.854. The standard InChI is InChI=1S/C17H19NO3/c1-12-6-5-8-15(13(12)2)18-10-14-7-3-4-9-16(14)21-11-17(19)20/h3-9,18H,10-11H2,1-2H3,(H,19,20). The first kappa shape index (κ1) is 14.9. The summed E-state index contributed by atoms with van der Waals surface area (Å²) in [5, 5.41) is 12.1. The van der Waals surface area contributed by atoms with Gasteiger partial charge in [-0.3, -0.25) is 0 Å². The Bertz CT molecular complexity index is 638. The third-order valence-electron chi connectivity index (χ3n) is 3.40. The average Bonchev–Trinajstić information content (AvgIpc) is 2.47. The molecule has 0 radical (unpaired) electrons. The van der Waals surface area contributed by atoms with Gasteiger partial charge in [0, 0.05) is 17.8 Å². The minimum Gasteiger partial charge on any atom is -0.482 e. The molecule has 110 valence electrons. The van der Waals surface area contributed by atoms with Gasteiger partial charge < -0.3 is 15.2 Å². The summed E-state index contributed by atoms with van der Waals surface area (Å²) >= 11 is 0. The molecule has 0 spiro atoms. The molecule has 0 amide bonds. The fourth-order valence-electron chi connectivity index (χ4n) is 2.06. The summed E-state index contributed by atoms with van der Waals surface area (Å²) in [6.45, 7) is 4.40. The normalized spacial score (nSPS) is 10.2. The number of para-hydroxylation sites is 1. The van der Waals surface area contributed by atoms with E-state index < -0.39 is 5.97 Å². The van der Waals surface area contributed by atoms with Crippen LogP contribution < -0.4 is 10.1 Å². The number of anilines is 1. The lowest BCUT2D eigenvalue weighted by molar-refractivity contribution is -0.139. The van der Waals surface area contributed by atoms with Crippen molar-refractivity contribution in [3.63, 3.8) is 0 Å². The van der Waals surface area contributed by atoms with Gasteiger partial charge in [0.2, 0.25) is 0 Å². The lowest BCUT2D eigenvalue weighted by Gasteiger charge is -2.14. The summed E-state index contributed by atoms with van der Waals surface area (Å²) in [6.07, 6.45) is 0. The molecule has 2 rings (SSSR count). The molecule has 2 N–H and O–H groups in total. The number of rotatable bonds is 6. The largest absolute Gasteiger partial charge is 0.482 e. The van der Waals surface area contributed by atoms with E-state index in [0.29, 0.717) is 12.3 Å². The second-order valence-electron chi connectivity index (χ2n) is 4.89. The van der Waals surface area contributed by atoms with Crippen LogP contribution in [-0.4, -0.2) is 17.7 Å². The van der Waals surface area contributed by atoms with Crippen LogP contribution in [-0.2, 0) is 11.3 Å². The van der Waals surface area contributed by atoms with Gasteiger partial charge in [-0.25, -0.2) is 4.79 Å². The van der Waals surface area contributed by atoms with E-state index in [-0.39, 0.29) is 6.61 Å². The molecule has 0 bridgehead atoms. The number of benzene rings is 2. The van der Waals surface area contributed by atoms with Gasteiger partial charge in [-0.15, -0.1) is 0 Å². The number of hydrogen-bond donors (Lipinski definition) is 2. The van der Waals surface area contributed by atoms with E-state index in [2.05, 4.69) is 25.2 Å². The van der Waals surface area contributed by atoms with Crippen LogP contribution in [0.5, 0.6) is 5.75 Å². The Morgan fingerprint density at radius 2 is 1.90 bits per heavy atom. The Morgan fingerprint density at radius 3 is 2.67 bits per heavy atom. The second kappa shape index (κ2) is 6.79. The first-order valence-corrected chi connectivity index (χ1v) is 6.80. The van der Waals surface area contributed by atoms with Crippen molar-refractivity contribution in [3.05, 3.63) is 59.2 Å². The average molecular weight is 285 g/mol. The smallest absolute Gasteiger partial charge is 0.341 e. The van der Waals surface area contributed by atoms with Gasteiger partial charge in [0.05, 0.1) is 0 Å². The fourth-order valence-corrected chi connectivity index (χ4v) is 2.06. The molecular formula is C17H19NO3. The minimum absolute atomic E-state index is 0.333. The highest BCUT2D eigenvalue weighted by atomic mass is 16.5. The van der Waals surface area contributed by atoms with E-state index in [0.717, 1.165) is 11.3 Å². The molecular weight excluding hydrogens is 266 g/mol. The van der Waals surface area contributed by atoms with Crippen molar-refractivity contribution in [2.24, 2.45) is 0 Å². The summed E-state index contributed by atoms with van der Waals surface area (Å²) < 4.78 is 5.30. The van der Waals surface area contributed by atoms with Crippen molar-refractivity contribution >= 4 is 11.7 Å². The topological polar surface area (TPSA) is 58.6 Å². The van der Waals surface area contributed by atoms with E-state index in [4.69, 9.17) is 9.84 Å². The highest BCUT2D eigenvalue weighted by Gasteiger charge is 2.06. The number of aryl methyl sites for hydroxylation is 1. The first-order chi connectivity index (χ1) is 10.1. The van der Waals surface area contributed by atoms with Crippen molar-refractivity contribution in [3.8, 4) is 5.75 Å². The molecule has 4 heteroatoms. The van der Waals surface area contributed by atoms with Crippen LogP contribution in [0.4, 0.5) is 5.69 Å². The number of hydrogen-bond acceptors (Lipinski definition) is 3. The van der Waals surface area contributed by atoms with Crippen molar-refractivity contribution in [1.82, 2.24) is 0 Å². The SMILES string of the molecule is Cc1cccc(NCc2ccccc2OCC(=O)O)c1C. The maximum atomic E-state index is 10.6. The van der Waals surface area contributed by atoms with Crippen LogP contribution >= 0.6 is 0 Å². The van der Waals surface area contributed by atoms with Crippen LogP contribution in [0.3, 0.4) is 0 Å². The summed E-state index contributed by atoms with van der Waals surface area (Å²) in [6, 6.07) is 13.6. The maximum Gasteiger partial charge on any atom is 0.341 e. The predicted octanol–water partition coefficient (Wildman–Crippen LogP) is 3.38. The van der Waals surface area contributed by atoms with Crippen molar-refractivity contribution in [1.29, 1.82) is 0 Å².